The Labute approximate surface area is 266 Å². The van der Waals surface area contributed by atoms with Crippen molar-refractivity contribution in [2.45, 2.75) is 69.3 Å². The van der Waals surface area contributed by atoms with Crippen LogP contribution in [-0.2, 0) is 31.9 Å². The van der Waals surface area contributed by atoms with Crippen molar-refractivity contribution in [1.29, 1.82) is 0 Å². The molecule has 0 saturated heterocycles. The number of carbonyl (C=O) groups is 2. The number of nitrogens with one attached hydrogen (secondary N) is 1. The number of aliphatic hydroxyl groups excluding tert-OH is 1. The first-order chi connectivity index (χ1) is 21.9. The molecule has 1 fully saturated rings. The maximum Gasteiger partial charge on any atom is 0.377 e. The molecule has 0 aromatic carbocycles. The van der Waals surface area contributed by atoms with E-state index in [1.165, 1.54) is 29.7 Å². The number of carbonyl (C=O) groups excluding carboxylic acids is 2. The first-order valence-corrected chi connectivity index (χ1v) is 14.1. The number of rotatable bonds is 8. The fourth-order valence-electron chi connectivity index (χ4n) is 5.21. The largest absolute Gasteiger partial charge is 0.393 e. The van der Waals surface area contributed by atoms with Gasteiger partial charge in [0, 0.05) is 26.3 Å². The summed E-state index contributed by atoms with van der Waals surface area (Å²) in [4.78, 5) is 42.7. The standard InChI is InChI=1S/C24H30N8O9.C2H6O.CH3NO/c1-3-22(2,20(25)34)32-19-13(18(29-32)23(36,37)38)6-7-16(28-19)27-17-9-14-15(10-26-17)31(24(39,40)41)21(35)30(14)11-4-5-12(33)8-11;1-3-2;2-1-3/h6-7,9-12,33,36-41H,3-5,8H2,1-2H3,(H2,25,34)(H,26,27,28);1-2H3;1H,(H2,2,3). The number of aliphatic hydroxyl groups is 7. The molecule has 3 atom stereocenters. The molecule has 47 heavy (non-hydrogen) atoms. The second kappa shape index (κ2) is 14.1. The van der Waals surface area contributed by atoms with Crippen LogP contribution in [0, 0.1) is 0 Å². The van der Waals surface area contributed by atoms with Gasteiger partial charge in [0.25, 0.3) is 0 Å². The van der Waals surface area contributed by atoms with Gasteiger partial charge in [-0.1, -0.05) is 6.92 Å². The highest BCUT2D eigenvalue weighted by Crippen LogP contribution is 2.34. The number of hydrogen-bond donors (Lipinski definition) is 10. The molecule has 4 aromatic heterocycles. The van der Waals surface area contributed by atoms with E-state index >= 15 is 0 Å². The summed E-state index contributed by atoms with van der Waals surface area (Å²) in [6, 6.07) is 3.71. The van der Waals surface area contributed by atoms with E-state index in [2.05, 4.69) is 30.9 Å². The van der Waals surface area contributed by atoms with E-state index < -0.39 is 47.0 Å². The van der Waals surface area contributed by atoms with Crippen LogP contribution in [0.5, 0.6) is 0 Å². The molecule has 3 unspecified atom stereocenters. The van der Waals surface area contributed by atoms with Crippen LogP contribution >= 0.6 is 0 Å². The van der Waals surface area contributed by atoms with E-state index in [0.29, 0.717) is 17.4 Å². The zero-order valence-corrected chi connectivity index (χ0v) is 26.0. The lowest BCUT2D eigenvalue weighted by Gasteiger charge is -2.25. The Morgan fingerprint density at radius 2 is 1.74 bits per heavy atom. The minimum absolute atomic E-state index is 0.0169. The normalized spacial score (nSPS) is 17.8. The van der Waals surface area contributed by atoms with Crippen molar-refractivity contribution in [3.8, 4) is 0 Å². The summed E-state index contributed by atoms with van der Waals surface area (Å²) in [6.07, 6.45) is -1.52. The third kappa shape index (κ3) is 7.39. The number of nitrogens with two attached hydrogens (primary N) is 2. The summed E-state index contributed by atoms with van der Waals surface area (Å²) in [5.74, 6) is -3.86. The Hall–Kier alpha value is -4.54. The van der Waals surface area contributed by atoms with Crippen LogP contribution in [0.3, 0.4) is 0 Å². The summed E-state index contributed by atoms with van der Waals surface area (Å²) in [6.45, 7) is 3.14. The molecule has 1 aliphatic rings. The molecule has 0 spiro atoms. The monoisotopic (exact) mass is 665 g/mol. The van der Waals surface area contributed by atoms with Gasteiger partial charge in [-0.15, -0.1) is 0 Å². The molecular formula is C27H39N9O11. The van der Waals surface area contributed by atoms with Gasteiger partial charge in [-0.05, 0) is 44.7 Å². The van der Waals surface area contributed by atoms with Crippen LogP contribution in [0.15, 0.2) is 29.2 Å². The summed E-state index contributed by atoms with van der Waals surface area (Å²) in [5, 5.41) is 76.2. The molecule has 1 aliphatic carbocycles. The minimum atomic E-state index is -3.51. The van der Waals surface area contributed by atoms with Gasteiger partial charge in [0.1, 0.15) is 17.2 Å². The van der Waals surface area contributed by atoms with Gasteiger partial charge in [-0.3, -0.25) is 14.2 Å². The van der Waals surface area contributed by atoms with Crippen LogP contribution in [-0.4, -0.2) is 97.3 Å². The topological polar surface area (TPSA) is 320 Å². The lowest BCUT2D eigenvalue weighted by molar-refractivity contribution is -0.374. The van der Waals surface area contributed by atoms with Crippen molar-refractivity contribution in [3.63, 3.8) is 0 Å². The van der Waals surface area contributed by atoms with Crippen LogP contribution in [0.25, 0.3) is 22.1 Å². The number of aromatic nitrogens is 6. The zero-order valence-electron chi connectivity index (χ0n) is 26.0. The van der Waals surface area contributed by atoms with Crippen LogP contribution in [0.4, 0.5) is 11.6 Å². The number of primary amides is 2. The van der Waals surface area contributed by atoms with E-state index in [1.807, 2.05) is 0 Å². The fraction of sp³-hybridized carbons (Fsp3) is 0.481. The van der Waals surface area contributed by atoms with Crippen molar-refractivity contribution < 1.29 is 50.1 Å². The van der Waals surface area contributed by atoms with Crippen LogP contribution in [0.2, 0.25) is 0 Å². The molecule has 20 nitrogen and oxygen atoms in total. The fourth-order valence-corrected chi connectivity index (χ4v) is 5.21. The molecule has 2 amide bonds. The van der Waals surface area contributed by atoms with Crippen molar-refractivity contribution in [3.05, 3.63) is 40.6 Å². The van der Waals surface area contributed by atoms with Crippen LogP contribution < -0.4 is 22.5 Å². The van der Waals surface area contributed by atoms with E-state index in [-0.39, 0.29) is 53.0 Å². The molecule has 20 heteroatoms. The van der Waals surface area contributed by atoms with E-state index in [0.717, 1.165) is 10.9 Å². The number of ether oxygens (including phenoxy) is 1. The zero-order chi connectivity index (χ0) is 35.5. The summed E-state index contributed by atoms with van der Waals surface area (Å²) in [7, 11) is 3.25. The highest BCUT2D eigenvalue weighted by Gasteiger charge is 2.39. The quantitative estimate of drug-likeness (QED) is 0.0680. The Kier molecular flexibility index (Phi) is 11.1. The number of nitrogens with zero attached hydrogens (tertiary/aromatic N) is 6. The van der Waals surface area contributed by atoms with Gasteiger partial charge in [0.15, 0.2) is 11.3 Å². The van der Waals surface area contributed by atoms with Gasteiger partial charge >= 0.3 is 17.8 Å². The Balaban J connectivity index is 0.000000930. The smallest absolute Gasteiger partial charge is 0.377 e. The number of imidazole rings is 1. The maximum atomic E-state index is 13.1. The van der Waals surface area contributed by atoms with Gasteiger partial charge in [-0.25, -0.2) is 24.0 Å². The average Bonchev–Trinajstić information content (AvgIpc) is 3.65. The molecule has 258 valence electrons. The number of pyridine rings is 2. The average molecular weight is 666 g/mol. The van der Waals surface area contributed by atoms with Gasteiger partial charge in [-0.2, -0.15) is 5.10 Å². The van der Waals surface area contributed by atoms with E-state index in [1.54, 1.807) is 21.1 Å². The third-order valence-corrected chi connectivity index (χ3v) is 7.59. The Morgan fingerprint density at radius 3 is 2.23 bits per heavy atom. The van der Waals surface area contributed by atoms with Crippen molar-refractivity contribution >= 4 is 46.0 Å². The molecule has 4 aromatic rings. The minimum Gasteiger partial charge on any atom is -0.393 e. The molecule has 0 radical (unpaired) electrons. The maximum absolute atomic E-state index is 13.1. The second-order valence-electron chi connectivity index (χ2n) is 10.9. The molecular weight excluding hydrogens is 626 g/mol. The predicted molar refractivity (Wildman–Crippen MR) is 163 cm³/mol. The Bertz CT molecular complexity index is 1790. The Morgan fingerprint density at radius 1 is 1.13 bits per heavy atom. The lowest BCUT2D eigenvalue weighted by Crippen LogP contribution is -2.44. The number of hydrogen-bond acceptors (Lipinski definition) is 15. The molecule has 0 bridgehead atoms. The van der Waals surface area contributed by atoms with Gasteiger partial charge in [0.2, 0.25) is 12.3 Å². The summed E-state index contributed by atoms with van der Waals surface area (Å²) < 4.78 is 6.96. The van der Waals surface area contributed by atoms with E-state index in [4.69, 9.17) is 10.5 Å². The first kappa shape index (κ1) is 36.9. The molecule has 1 saturated carbocycles. The summed E-state index contributed by atoms with van der Waals surface area (Å²) in [5.41, 5.74) is 6.89. The molecule has 5 rings (SSSR count). The SMILES string of the molecule is CCC(C)(C(N)=O)n1nc(C(O)(O)O)c2ccc(Nc3cc4c(cn3)n(C(O)(O)O)c(=O)n4C3CCC(O)C3)nc21.COC.NC=O. The number of fused-ring (bicyclic) bond motifs is 2. The molecule has 12 N–H and O–H groups in total. The molecule has 0 aliphatic heterocycles. The van der Waals surface area contributed by atoms with Crippen molar-refractivity contribution in [1.82, 2.24) is 28.9 Å². The summed E-state index contributed by atoms with van der Waals surface area (Å²) >= 11 is 0. The van der Waals surface area contributed by atoms with E-state index in [9.17, 15) is 45.3 Å². The van der Waals surface area contributed by atoms with Crippen molar-refractivity contribution in [2.24, 2.45) is 11.5 Å². The highest BCUT2D eigenvalue weighted by molar-refractivity contribution is 5.87. The first-order valence-electron chi connectivity index (χ1n) is 14.1. The molecule has 4 heterocycles. The second-order valence-corrected chi connectivity index (χ2v) is 10.9. The number of amides is 2. The van der Waals surface area contributed by atoms with Crippen LogP contribution in [0.1, 0.15) is 51.3 Å². The third-order valence-electron chi connectivity index (χ3n) is 7.59. The predicted octanol–water partition coefficient (Wildman–Crippen LogP) is -2.62. The lowest BCUT2D eigenvalue weighted by atomic mass is 9.98. The number of methoxy groups -OCH3 is 1. The van der Waals surface area contributed by atoms with Crippen molar-refractivity contribution in [2.75, 3.05) is 19.5 Å². The van der Waals surface area contributed by atoms with Gasteiger partial charge in [0.05, 0.1) is 28.7 Å². The van der Waals surface area contributed by atoms with Gasteiger partial charge < -0.3 is 57.3 Å². The highest BCUT2D eigenvalue weighted by atomic mass is 16.7. The number of anilines is 2.